The first-order chi connectivity index (χ1) is 7.58. The molecule has 0 saturated carbocycles. The molecule has 3 nitrogen and oxygen atoms in total. The topological polar surface area (TPSA) is 42.2 Å². The third-order valence-electron chi connectivity index (χ3n) is 3.16. The highest BCUT2D eigenvalue weighted by Crippen LogP contribution is 2.31. The van der Waals surface area contributed by atoms with Crippen LogP contribution < -0.4 is 10.6 Å². The molecular weight excluding hydrogens is 218 g/mol. The Morgan fingerprint density at radius 2 is 2.31 bits per heavy atom. The molecule has 4 heteroatoms. The average molecular weight is 239 g/mol. The maximum atomic E-state index is 5.94. The molecule has 1 fully saturated rings. The minimum atomic E-state index is 0.105. The van der Waals surface area contributed by atoms with Crippen molar-refractivity contribution in [2.45, 2.75) is 39.7 Å². The van der Waals surface area contributed by atoms with Crippen molar-refractivity contribution in [3.63, 3.8) is 0 Å². The van der Waals surface area contributed by atoms with Crippen molar-refractivity contribution < 1.29 is 0 Å². The second-order valence-electron chi connectivity index (χ2n) is 4.93. The number of nitrogens with two attached hydrogens (primary N) is 1. The van der Waals surface area contributed by atoms with Crippen LogP contribution in [0, 0.1) is 12.8 Å². The summed E-state index contributed by atoms with van der Waals surface area (Å²) < 4.78 is 0. The average Bonchev–Trinajstić information content (AvgIpc) is 2.60. The summed E-state index contributed by atoms with van der Waals surface area (Å²) in [5.41, 5.74) is 7.04. The molecule has 0 amide bonds. The Labute approximate surface area is 102 Å². The van der Waals surface area contributed by atoms with E-state index >= 15 is 0 Å². The van der Waals surface area contributed by atoms with E-state index in [4.69, 9.17) is 5.73 Å². The first-order valence-corrected chi connectivity index (χ1v) is 6.87. The Hall–Kier alpha value is -0.610. The number of anilines is 1. The van der Waals surface area contributed by atoms with Crippen molar-refractivity contribution in [2.24, 2.45) is 11.7 Å². The Morgan fingerprint density at radius 3 is 2.88 bits per heavy atom. The third kappa shape index (κ3) is 2.38. The summed E-state index contributed by atoms with van der Waals surface area (Å²) in [6, 6.07) is 0.105. The van der Waals surface area contributed by atoms with Gasteiger partial charge in [0.25, 0.3) is 0 Å². The molecule has 1 aliphatic heterocycles. The quantitative estimate of drug-likeness (QED) is 0.863. The molecule has 0 aliphatic carbocycles. The molecule has 2 unspecified atom stereocenters. The first-order valence-electron chi connectivity index (χ1n) is 6.05. The predicted octanol–water partition coefficient (Wildman–Crippen LogP) is 2.71. The molecule has 1 aliphatic rings. The third-order valence-corrected chi connectivity index (χ3v) is 4.58. The zero-order valence-electron chi connectivity index (χ0n) is 10.4. The summed E-state index contributed by atoms with van der Waals surface area (Å²) in [6.45, 7) is 8.70. The van der Waals surface area contributed by atoms with Gasteiger partial charge in [0.15, 0.2) is 5.13 Å². The van der Waals surface area contributed by atoms with Gasteiger partial charge >= 0.3 is 0 Å². The first kappa shape index (κ1) is 11.9. The number of nitrogens with zero attached hydrogens (tertiary/aromatic N) is 2. The van der Waals surface area contributed by atoms with Crippen LogP contribution in [-0.4, -0.2) is 18.1 Å². The Bertz CT molecular complexity index is 359. The standard InChI is InChI=1S/C12H21N3S/c1-8-5-4-6-15(7-8)12-14-10(3)11(16-12)9(2)13/h8-9H,4-7,13H2,1-3H3. The van der Waals surface area contributed by atoms with Crippen molar-refractivity contribution in [1.29, 1.82) is 0 Å². The van der Waals surface area contributed by atoms with Crippen LogP contribution in [0.25, 0.3) is 0 Å². The highest BCUT2D eigenvalue weighted by atomic mass is 32.1. The van der Waals surface area contributed by atoms with Crippen molar-refractivity contribution in [2.75, 3.05) is 18.0 Å². The molecule has 1 aromatic rings. The number of hydrogen-bond donors (Lipinski definition) is 1. The Kier molecular flexibility index (Phi) is 3.50. The van der Waals surface area contributed by atoms with E-state index in [0.717, 1.165) is 29.8 Å². The molecule has 0 spiro atoms. The minimum absolute atomic E-state index is 0.105. The maximum absolute atomic E-state index is 5.94. The van der Waals surface area contributed by atoms with Crippen LogP contribution >= 0.6 is 11.3 Å². The Balaban J connectivity index is 2.17. The van der Waals surface area contributed by atoms with Gasteiger partial charge in [0, 0.05) is 24.0 Å². The van der Waals surface area contributed by atoms with Crippen molar-refractivity contribution >= 4 is 16.5 Å². The fourth-order valence-corrected chi connectivity index (χ4v) is 3.37. The predicted molar refractivity (Wildman–Crippen MR) is 70.1 cm³/mol. The van der Waals surface area contributed by atoms with E-state index in [1.165, 1.54) is 17.7 Å². The summed E-state index contributed by atoms with van der Waals surface area (Å²) in [7, 11) is 0. The van der Waals surface area contributed by atoms with Crippen LogP contribution in [0.2, 0.25) is 0 Å². The monoisotopic (exact) mass is 239 g/mol. The van der Waals surface area contributed by atoms with Crippen LogP contribution in [0.5, 0.6) is 0 Å². The fraction of sp³-hybridized carbons (Fsp3) is 0.750. The molecule has 0 radical (unpaired) electrons. The second-order valence-corrected chi connectivity index (χ2v) is 5.94. The SMILES string of the molecule is Cc1nc(N2CCCC(C)C2)sc1C(C)N. The van der Waals surface area contributed by atoms with Gasteiger partial charge in [-0.1, -0.05) is 6.92 Å². The van der Waals surface area contributed by atoms with Gasteiger partial charge in [0.2, 0.25) is 0 Å². The zero-order valence-corrected chi connectivity index (χ0v) is 11.2. The van der Waals surface area contributed by atoms with E-state index in [0.29, 0.717) is 0 Å². The lowest BCUT2D eigenvalue weighted by molar-refractivity contribution is 0.446. The zero-order chi connectivity index (χ0) is 11.7. The van der Waals surface area contributed by atoms with Gasteiger partial charge in [-0.2, -0.15) is 0 Å². The van der Waals surface area contributed by atoms with E-state index in [9.17, 15) is 0 Å². The molecule has 0 aromatic carbocycles. The summed E-state index contributed by atoms with van der Waals surface area (Å²) in [6.07, 6.45) is 2.63. The van der Waals surface area contributed by atoms with E-state index in [-0.39, 0.29) is 6.04 Å². The van der Waals surface area contributed by atoms with E-state index in [2.05, 4.69) is 23.7 Å². The molecule has 16 heavy (non-hydrogen) atoms. The number of rotatable bonds is 2. The maximum Gasteiger partial charge on any atom is 0.185 e. The van der Waals surface area contributed by atoms with Crippen LogP contribution in [0.1, 0.15) is 43.3 Å². The van der Waals surface area contributed by atoms with Gasteiger partial charge in [-0.05, 0) is 32.6 Å². The van der Waals surface area contributed by atoms with Crippen LogP contribution in [0.4, 0.5) is 5.13 Å². The van der Waals surface area contributed by atoms with Crippen LogP contribution in [0.3, 0.4) is 0 Å². The molecule has 2 heterocycles. The molecule has 0 bridgehead atoms. The van der Waals surface area contributed by atoms with Gasteiger partial charge < -0.3 is 10.6 Å². The number of thiazole rings is 1. The number of piperidine rings is 1. The lowest BCUT2D eigenvalue weighted by Gasteiger charge is -2.30. The molecule has 2 N–H and O–H groups in total. The number of aromatic nitrogens is 1. The van der Waals surface area contributed by atoms with Crippen molar-refractivity contribution in [1.82, 2.24) is 4.98 Å². The van der Waals surface area contributed by atoms with Gasteiger partial charge in [-0.25, -0.2) is 4.98 Å². The summed E-state index contributed by atoms with van der Waals surface area (Å²) >= 11 is 1.77. The number of hydrogen-bond acceptors (Lipinski definition) is 4. The van der Waals surface area contributed by atoms with Crippen molar-refractivity contribution in [3.8, 4) is 0 Å². The largest absolute Gasteiger partial charge is 0.348 e. The summed E-state index contributed by atoms with van der Waals surface area (Å²) in [5.74, 6) is 0.789. The molecule has 2 rings (SSSR count). The van der Waals surface area contributed by atoms with Crippen LogP contribution in [-0.2, 0) is 0 Å². The molecule has 1 aromatic heterocycles. The fourth-order valence-electron chi connectivity index (χ4n) is 2.31. The number of aryl methyl sites for hydroxylation is 1. The lowest BCUT2D eigenvalue weighted by Crippen LogP contribution is -2.34. The molecule has 1 saturated heterocycles. The summed E-state index contributed by atoms with van der Waals surface area (Å²) in [4.78, 5) is 8.30. The second kappa shape index (κ2) is 4.72. The highest BCUT2D eigenvalue weighted by Gasteiger charge is 2.21. The molecular formula is C12H21N3S. The van der Waals surface area contributed by atoms with Crippen LogP contribution in [0.15, 0.2) is 0 Å². The smallest absolute Gasteiger partial charge is 0.185 e. The van der Waals surface area contributed by atoms with Gasteiger partial charge in [0.05, 0.1) is 5.69 Å². The van der Waals surface area contributed by atoms with Gasteiger partial charge in [-0.3, -0.25) is 0 Å². The lowest BCUT2D eigenvalue weighted by atomic mass is 10.0. The molecule has 2 atom stereocenters. The Morgan fingerprint density at radius 1 is 1.56 bits per heavy atom. The molecule has 90 valence electrons. The van der Waals surface area contributed by atoms with E-state index in [1.807, 2.05) is 6.92 Å². The normalized spacial score (nSPS) is 23.5. The highest BCUT2D eigenvalue weighted by molar-refractivity contribution is 7.15. The van der Waals surface area contributed by atoms with Crippen molar-refractivity contribution in [3.05, 3.63) is 10.6 Å². The van der Waals surface area contributed by atoms with E-state index < -0.39 is 0 Å². The minimum Gasteiger partial charge on any atom is -0.348 e. The van der Waals surface area contributed by atoms with Gasteiger partial charge in [-0.15, -0.1) is 11.3 Å². The summed E-state index contributed by atoms with van der Waals surface area (Å²) in [5, 5.41) is 1.16. The van der Waals surface area contributed by atoms with E-state index in [1.54, 1.807) is 11.3 Å². The van der Waals surface area contributed by atoms with Gasteiger partial charge in [0.1, 0.15) is 0 Å².